The number of benzene rings is 1. The average molecular weight is 428 g/mol. The van der Waals surface area contributed by atoms with Crippen LogP contribution in [0.4, 0.5) is 5.69 Å². The van der Waals surface area contributed by atoms with Gasteiger partial charge in [0.2, 0.25) is 0 Å². The van der Waals surface area contributed by atoms with Crippen molar-refractivity contribution in [2.24, 2.45) is 0 Å². The second kappa shape index (κ2) is 8.23. The Balaban J connectivity index is 1.97. The van der Waals surface area contributed by atoms with Crippen LogP contribution in [0.1, 0.15) is 10.5 Å². The van der Waals surface area contributed by atoms with Crippen LogP contribution in [0.15, 0.2) is 24.4 Å². The number of halogens is 5. The van der Waals surface area contributed by atoms with Crippen LogP contribution in [-0.4, -0.2) is 23.5 Å². The fourth-order valence-corrected chi connectivity index (χ4v) is 2.41. The summed E-state index contributed by atoms with van der Waals surface area (Å²) < 4.78 is 4.83. The Hall–Kier alpha value is -1.24. The van der Waals surface area contributed by atoms with Gasteiger partial charge in [-0.1, -0.05) is 58.0 Å². The molecular weight excluding hydrogens is 421 g/mol. The van der Waals surface area contributed by atoms with E-state index >= 15 is 0 Å². The number of nitrogens with zero attached hydrogens (tertiary/aromatic N) is 1. The zero-order valence-corrected chi connectivity index (χ0v) is 15.4. The molecule has 1 N–H and O–H groups in total. The van der Waals surface area contributed by atoms with Crippen LogP contribution >= 0.6 is 58.0 Å². The number of hydrogen-bond acceptors (Lipinski definition) is 4. The lowest BCUT2D eigenvalue weighted by Crippen LogP contribution is -2.21. The van der Waals surface area contributed by atoms with Crippen molar-refractivity contribution in [1.29, 1.82) is 0 Å². The Morgan fingerprint density at radius 2 is 1.71 bits per heavy atom. The molecule has 0 atom stereocenters. The highest BCUT2D eigenvalue weighted by Gasteiger charge is 2.19. The van der Waals surface area contributed by atoms with Gasteiger partial charge < -0.3 is 10.1 Å². The molecule has 0 unspecified atom stereocenters. The molecule has 1 aromatic heterocycles. The van der Waals surface area contributed by atoms with Gasteiger partial charge in [0.25, 0.3) is 5.91 Å². The normalized spacial score (nSPS) is 10.4. The van der Waals surface area contributed by atoms with Crippen molar-refractivity contribution in [3.8, 4) is 0 Å². The lowest BCUT2D eigenvalue weighted by atomic mass is 10.3. The molecular formula is C14H7Cl5N2O3. The molecule has 1 heterocycles. The number of anilines is 1. The molecule has 0 aliphatic rings. The average Bonchev–Trinajstić information content (AvgIpc) is 2.54. The molecule has 24 heavy (non-hydrogen) atoms. The van der Waals surface area contributed by atoms with Crippen molar-refractivity contribution >= 4 is 75.6 Å². The van der Waals surface area contributed by atoms with Crippen LogP contribution in [0.3, 0.4) is 0 Å². The van der Waals surface area contributed by atoms with Crippen LogP contribution in [0.25, 0.3) is 0 Å². The lowest BCUT2D eigenvalue weighted by Gasteiger charge is -2.08. The highest BCUT2D eigenvalue weighted by molar-refractivity contribution is 6.48. The van der Waals surface area contributed by atoms with E-state index in [1.165, 1.54) is 12.1 Å². The van der Waals surface area contributed by atoms with Crippen molar-refractivity contribution in [3.05, 3.63) is 55.2 Å². The van der Waals surface area contributed by atoms with E-state index in [1.807, 2.05) is 0 Å². The van der Waals surface area contributed by atoms with Crippen molar-refractivity contribution in [2.75, 3.05) is 11.9 Å². The van der Waals surface area contributed by atoms with Crippen molar-refractivity contribution < 1.29 is 14.3 Å². The maximum absolute atomic E-state index is 11.9. The number of ether oxygens (including phenoxy) is 1. The predicted molar refractivity (Wildman–Crippen MR) is 94.6 cm³/mol. The number of hydrogen-bond donors (Lipinski definition) is 1. The maximum Gasteiger partial charge on any atom is 0.359 e. The van der Waals surface area contributed by atoms with Gasteiger partial charge in [-0.05, 0) is 18.2 Å². The minimum Gasteiger partial charge on any atom is -0.451 e. The summed E-state index contributed by atoms with van der Waals surface area (Å²) >= 11 is 29.0. The third-order valence-electron chi connectivity index (χ3n) is 2.65. The van der Waals surface area contributed by atoms with Crippen molar-refractivity contribution in [2.45, 2.75) is 0 Å². The van der Waals surface area contributed by atoms with Gasteiger partial charge in [0.05, 0.1) is 25.1 Å². The summed E-state index contributed by atoms with van der Waals surface area (Å²) in [6.45, 7) is -0.558. The first-order chi connectivity index (χ1) is 11.3. The smallest absolute Gasteiger partial charge is 0.359 e. The van der Waals surface area contributed by atoms with E-state index in [4.69, 9.17) is 62.7 Å². The van der Waals surface area contributed by atoms with Gasteiger partial charge in [-0.15, -0.1) is 0 Å². The van der Waals surface area contributed by atoms with E-state index in [1.54, 1.807) is 6.07 Å². The van der Waals surface area contributed by atoms with E-state index in [-0.39, 0.29) is 25.8 Å². The fourth-order valence-electron chi connectivity index (χ4n) is 1.56. The third kappa shape index (κ3) is 4.65. The van der Waals surface area contributed by atoms with E-state index in [0.29, 0.717) is 10.7 Å². The molecule has 0 spiro atoms. The summed E-state index contributed by atoms with van der Waals surface area (Å²) in [6.07, 6.45) is 1.15. The van der Waals surface area contributed by atoms with Gasteiger partial charge >= 0.3 is 5.97 Å². The number of pyridine rings is 1. The topological polar surface area (TPSA) is 68.3 Å². The minimum absolute atomic E-state index is 0.0273. The van der Waals surface area contributed by atoms with Gasteiger partial charge in [-0.2, -0.15) is 0 Å². The first-order valence-corrected chi connectivity index (χ1v) is 8.10. The standard InChI is InChI=1S/C14H7Cl5N2O3/c15-7-2-1-6(3-8(7)16)21-10(22)5-24-14(23)13-12(19)11(18)9(17)4-20-13/h1-4H,5H2,(H,21,22). The van der Waals surface area contributed by atoms with Gasteiger partial charge in [-0.25, -0.2) is 9.78 Å². The number of amides is 1. The van der Waals surface area contributed by atoms with E-state index in [0.717, 1.165) is 6.20 Å². The molecule has 1 amide bonds. The van der Waals surface area contributed by atoms with Crippen LogP contribution in [0.2, 0.25) is 25.1 Å². The second-order valence-corrected chi connectivity index (χ2v) is 6.31. The summed E-state index contributed by atoms with van der Waals surface area (Å²) in [6, 6.07) is 4.53. The quantitative estimate of drug-likeness (QED) is 0.685. The van der Waals surface area contributed by atoms with Crippen LogP contribution in [0.5, 0.6) is 0 Å². The Morgan fingerprint density at radius 3 is 2.38 bits per heavy atom. The third-order valence-corrected chi connectivity index (χ3v) is 4.63. The number of nitrogens with one attached hydrogen (secondary N) is 1. The number of carbonyl (C=O) groups is 2. The molecule has 0 radical (unpaired) electrons. The zero-order chi connectivity index (χ0) is 17.9. The van der Waals surface area contributed by atoms with Crippen molar-refractivity contribution in [3.63, 3.8) is 0 Å². The summed E-state index contributed by atoms with van der Waals surface area (Å²) in [7, 11) is 0. The highest BCUT2D eigenvalue weighted by Crippen LogP contribution is 2.31. The number of rotatable bonds is 4. The van der Waals surface area contributed by atoms with Crippen molar-refractivity contribution in [1.82, 2.24) is 4.98 Å². The highest BCUT2D eigenvalue weighted by atomic mass is 35.5. The summed E-state index contributed by atoms with van der Waals surface area (Å²) in [5, 5.41) is 3.03. The molecule has 0 saturated carbocycles. The lowest BCUT2D eigenvalue weighted by molar-refractivity contribution is -0.119. The molecule has 0 bridgehead atoms. The van der Waals surface area contributed by atoms with Gasteiger partial charge in [0.15, 0.2) is 12.3 Å². The Labute approximate surface area is 161 Å². The van der Waals surface area contributed by atoms with Gasteiger partial charge in [-0.3, -0.25) is 4.79 Å². The predicted octanol–water partition coefficient (Wildman–Crippen LogP) is 5.14. The monoisotopic (exact) mass is 426 g/mol. The first-order valence-electron chi connectivity index (χ1n) is 6.21. The van der Waals surface area contributed by atoms with Gasteiger partial charge in [0, 0.05) is 11.9 Å². The van der Waals surface area contributed by atoms with E-state index < -0.39 is 18.5 Å². The fraction of sp³-hybridized carbons (Fsp3) is 0.0714. The van der Waals surface area contributed by atoms with Crippen LogP contribution < -0.4 is 5.32 Å². The Bertz CT molecular complexity index is 813. The summed E-state index contributed by atoms with van der Waals surface area (Å²) in [5.74, 6) is -1.50. The largest absolute Gasteiger partial charge is 0.451 e. The Morgan fingerprint density at radius 1 is 1.00 bits per heavy atom. The Kier molecular flexibility index (Phi) is 6.54. The SMILES string of the molecule is O=C(COC(=O)c1ncc(Cl)c(Cl)c1Cl)Nc1ccc(Cl)c(Cl)c1. The molecule has 0 aliphatic heterocycles. The van der Waals surface area contributed by atoms with E-state index in [9.17, 15) is 9.59 Å². The molecule has 126 valence electrons. The molecule has 5 nitrogen and oxygen atoms in total. The summed E-state index contributed by atoms with van der Waals surface area (Å²) in [5.41, 5.74) is 0.157. The molecule has 0 saturated heterocycles. The number of aromatic nitrogens is 1. The number of carbonyl (C=O) groups excluding carboxylic acids is 2. The summed E-state index contributed by atoms with van der Waals surface area (Å²) in [4.78, 5) is 27.4. The first kappa shape index (κ1) is 19.1. The second-order valence-electron chi connectivity index (χ2n) is 4.34. The molecule has 10 heteroatoms. The maximum atomic E-state index is 11.9. The molecule has 2 rings (SSSR count). The molecule has 0 fully saturated rings. The van der Waals surface area contributed by atoms with Crippen LogP contribution in [-0.2, 0) is 9.53 Å². The molecule has 2 aromatic rings. The van der Waals surface area contributed by atoms with Gasteiger partial charge in [0.1, 0.15) is 0 Å². The number of esters is 1. The van der Waals surface area contributed by atoms with Crippen LogP contribution in [0, 0.1) is 0 Å². The molecule has 1 aromatic carbocycles. The zero-order valence-electron chi connectivity index (χ0n) is 11.6. The molecule has 0 aliphatic carbocycles. The van der Waals surface area contributed by atoms with E-state index in [2.05, 4.69) is 10.3 Å². The minimum atomic E-state index is -0.914.